The Hall–Kier alpha value is -1.02. The minimum atomic E-state index is 0. The molecule has 0 bridgehead atoms. The molecule has 0 aliphatic rings. The van der Waals surface area contributed by atoms with Gasteiger partial charge in [0.1, 0.15) is 5.75 Å². The molecule has 1 rings (SSSR count). The lowest BCUT2D eigenvalue weighted by Gasteiger charge is -2.12. The fourth-order valence-electron chi connectivity index (χ4n) is 1.81. The van der Waals surface area contributed by atoms with E-state index in [4.69, 9.17) is 9.47 Å². The molecular weight excluding hydrogens is 405 g/mol. The molecule has 0 heterocycles. The van der Waals surface area contributed by atoms with Gasteiger partial charge in [-0.1, -0.05) is 26.0 Å². The molecule has 0 atom stereocenters. The second-order valence-corrected chi connectivity index (χ2v) is 5.50. The van der Waals surface area contributed by atoms with Gasteiger partial charge in [-0.2, -0.15) is 0 Å². The van der Waals surface area contributed by atoms with E-state index in [0.717, 1.165) is 37.8 Å². The van der Waals surface area contributed by atoms with Crippen LogP contribution in [0.5, 0.6) is 5.75 Å². The van der Waals surface area contributed by atoms with Crippen LogP contribution in [-0.4, -0.2) is 39.9 Å². The van der Waals surface area contributed by atoms with E-state index in [2.05, 4.69) is 29.5 Å². The van der Waals surface area contributed by atoms with Crippen LogP contribution in [0.2, 0.25) is 0 Å². The molecule has 2 N–H and O–H groups in total. The first-order valence-corrected chi connectivity index (χ1v) is 7.81. The van der Waals surface area contributed by atoms with Crippen molar-refractivity contribution in [2.45, 2.75) is 26.8 Å². The fourth-order valence-corrected chi connectivity index (χ4v) is 1.81. The molecule has 0 amide bonds. The van der Waals surface area contributed by atoms with Gasteiger partial charge in [-0.25, -0.2) is 0 Å². The van der Waals surface area contributed by atoms with Crippen LogP contribution in [0, 0.1) is 5.92 Å². The minimum absolute atomic E-state index is 0. The summed E-state index contributed by atoms with van der Waals surface area (Å²) in [5.41, 5.74) is 1.18. The molecule has 23 heavy (non-hydrogen) atoms. The second-order valence-electron chi connectivity index (χ2n) is 5.50. The number of aliphatic imine (C=N–C) groups is 1. The maximum absolute atomic E-state index is 5.57. The molecule has 1 aromatic carbocycles. The quantitative estimate of drug-likeness (QED) is 0.271. The summed E-state index contributed by atoms with van der Waals surface area (Å²) < 4.78 is 10.7. The van der Waals surface area contributed by atoms with Crippen molar-refractivity contribution in [2.75, 3.05) is 33.9 Å². The van der Waals surface area contributed by atoms with E-state index < -0.39 is 0 Å². The summed E-state index contributed by atoms with van der Waals surface area (Å²) in [7, 11) is 3.44. The third-order valence-electron chi connectivity index (χ3n) is 3.22. The van der Waals surface area contributed by atoms with Crippen LogP contribution >= 0.6 is 24.0 Å². The topological polar surface area (TPSA) is 54.9 Å². The molecule has 132 valence electrons. The Morgan fingerprint density at radius 3 is 2.39 bits per heavy atom. The molecule has 0 unspecified atom stereocenters. The number of guanidine groups is 1. The third kappa shape index (κ3) is 10.4. The molecule has 0 aliphatic heterocycles. The van der Waals surface area contributed by atoms with Gasteiger partial charge in [-0.3, -0.25) is 4.99 Å². The van der Waals surface area contributed by atoms with E-state index in [9.17, 15) is 0 Å². The molecule has 0 spiro atoms. The molecule has 0 aliphatic carbocycles. The lowest BCUT2D eigenvalue weighted by Crippen LogP contribution is -2.38. The Bertz CT molecular complexity index is 436. The molecule has 5 nitrogen and oxygen atoms in total. The first-order valence-electron chi connectivity index (χ1n) is 7.81. The van der Waals surface area contributed by atoms with Gasteiger partial charge in [0.2, 0.25) is 0 Å². The maximum atomic E-state index is 5.57. The zero-order valence-electron chi connectivity index (χ0n) is 14.6. The maximum Gasteiger partial charge on any atom is 0.191 e. The highest BCUT2D eigenvalue weighted by molar-refractivity contribution is 14.0. The van der Waals surface area contributed by atoms with Gasteiger partial charge >= 0.3 is 0 Å². The monoisotopic (exact) mass is 435 g/mol. The number of rotatable bonds is 9. The fraction of sp³-hybridized carbons (Fsp3) is 0.588. The van der Waals surface area contributed by atoms with Gasteiger partial charge in [0.25, 0.3) is 0 Å². The van der Waals surface area contributed by atoms with Crippen LogP contribution in [0.25, 0.3) is 0 Å². The zero-order valence-corrected chi connectivity index (χ0v) is 16.9. The van der Waals surface area contributed by atoms with Gasteiger partial charge in [-0.05, 0) is 30.0 Å². The summed E-state index contributed by atoms with van der Waals surface area (Å²) in [5.74, 6) is 2.33. The number of halogens is 1. The number of hydrogen-bond donors (Lipinski definition) is 2. The summed E-state index contributed by atoms with van der Waals surface area (Å²) >= 11 is 0. The molecule has 0 saturated carbocycles. The predicted octanol–water partition coefficient (Wildman–Crippen LogP) is 3.04. The second kappa shape index (κ2) is 13.4. The van der Waals surface area contributed by atoms with E-state index >= 15 is 0 Å². The molecule has 0 fully saturated rings. The van der Waals surface area contributed by atoms with E-state index in [1.165, 1.54) is 5.56 Å². The van der Waals surface area contributed by atoms with E-state index in [1.807, 2.05) is 24.3 Å². The smallest absolute Gasteiger partial charge is 0.191 e. The number of hydrogen-bond acceptors (Lipinski definition) is 3. The van der Waals surface area contributed by atoms with E-state index in [-0.39, 0.29) is 24.0 Å². The van der Waals surface area contributed by atoms with Gasteiger partial charge in [0, 0.05) is 26.7 Å². The lowest BCUT2D eigenvalue weighted by molar-refractivity contribution is 0.128. The summed E-state index contributed by atoms with van der Waals surface area (Å²) in [4.78, 5) is 4.20. The predicted molar refractivity (Wildman–Crippen MR) is 107 cm³/mol. The number of benzene rings is 1. The van der Waals surface area contributed by atoms with Gasteiger partial charge in [0.15, 0.2) is 5.96 Å². The summed E-state index contributed by atoms with van der Waals surface area (Å²) in [6.45, 7) is 7.38. The Morgan fingerprint density at radius 2 is 1.83 bits per heavy atom. The number of nitrogens with zero attached hydrogens (tertiary/aromatic N) is 1. The highest BCUT2D eigenvalue weighted by Crippen LogP contribution is 2.10. The molecular formula is C17H30IN3O2. The highest BCUT2D eigenvalue weighted by Gasteiger charge is 1.99. The Balaban J connectivity index is 0.00000484. The zero-order chi connectivity index (χ0) is 16.2. The Kier molecular flexibility index (Phi) is 12.8. The van der Waals surface area contributed by atoms with Crippen molar-refractivity contribution in [1.82, 2.24) is 10.6 Å². The summed E-state index contributed by atoms with van der Waals surface area (Å²) in [5, 5.41) is 6.51. The van der Waals surface area contributed by atoms with Gasteiger partial charge < -0.3 is 20.1 Å². The average Bonchev–Trinajstić information content (AvgIpc) is 2.53. The average molecular weight is 435 g/mol. The lowest BCUT2D eigenvalue weighted by atomic mass is 10.1. The molecule has 1 aromatic rings. The third-order valence-corrected chi connectivity index (χ3v) is 3.22. The Labute approximate surface area is 157 Å². The first kappa shape index (κ1) is 22.0. The van der Waals surface area contributed by atoms with Crippen molar-refractivity contribution in [3.63, 3.8) is 0 Å². The van der Waals surface area contributed by atoms with Crippen LogP contribution in [0.4, 0.5) is 0 Å². The van der Waals surface area contributed by atoms with Crippen molar-refractivity contribution in [1.29, 1.82) is 0 Å². The van der Waals surface area contributed by atoms with Gasteiger partial charge in [0.05, 0.1) is 13.7 Å². The number of ether oxygens (including phenoxy) is 2. The van der Waals surface area contributed by atoms with E-state index in [0.29, 0.717) is 12.5 Å². The van der Waals surface area contributed by atoms with Crippen molar-refractivity contribution < 1.29 is 9.47 Å². The molecule has 0 radical (unpaired) electrons. The summed E-state index contributed by atoms with van der Waals surface area (Å²) in [6.07, 6.45) is 1.10. The van der Waals surface area contributed by atoms with E-state index in [1.54, 1.807) is 14.2 Å². The normalized spacial score (nSPS) is 11.1. The standard InChI is InChI=1S/C17H29N3O2.HI/c1-14(2)9-11-22-12-10-19-17(18-3)20-13-15-5-7-16(21-4)8-6-15;/h5-8,14H,9-13H2,1-4H3,(H2,18,19,20);1H. The SMILES string of the molecule is CN=C(NCCOCCC(C)C)NCc1ccc(OC)cc1.I. The van der Waals surface area contributed by atoms with Crippen LogP contribution in [-0.2, 0) is 11.3 Å². The first-order chi connectivity index (χ1) is 10.7. The van der Waals surface area contributed by atoms with Crippen LogP contribution in [0.15, 0.2) is 29.3 Å². The van der Waals surface area contributed by atoms with Crippen molar-refractivity contribution >= 4 is 29.9 Å². The summed E-state index contributed by atoms with van der Waals surface area (Å²) in [6, 6.07) is 7.98. The Morgan fingerprint density at radius 1 is 1.13 bits per heavy atom. The molecule has 0 saturated heterocycles. The van der Waals surface area contributed by atoms with Gasteiger partial charge in [-0.15, -0.1) is 24.0 Å². The van der Waals surface area contributed by atoms with Crippen molar-refractivity contribution in [3.05, 3.63) is 29.8 Å². The largest absolute Gasteiger partial charge is 0.497 e. The minimum Gasteiger partial charge on any atom is -0.497 e. The van der Waals surface area contributed by atoms with Crippen LogP contribution in [0.3, 0.4) is 0 Å². The van der Waals surface area contributed by atoms with Crippen LogP contribution in [0.1, 0.15) is 25.8 Å². The van der Waals surface area contributed by atoms with Crippen molar-refractivity contribution in [2.24, 2.45) is 10.9 Å². The number of methoxy groups -OCH3 is 1. The highest BCUT2D eigenvalue weighted by atomic mass is 127. The van der Waals surface area contributed by atoms with Crippen LogP contribution < -0.4 is 15.4 Å². The molecule has 6 heteroatoms. The van der Waals surface area contributed by atoms with Crippen molar-refractivity contribution in [3.8, 4) is 5.75 Å². The number of nitrogens with one attached hydrogen (secondary N) is 2. The molecule has 0 aromatic heterocycles.